The van der Waals surface area contributed by atoms with Gasteiger partial charge in [-0.3, -0.25) is 0 Å². The first-order valence-electron chi connectivity index (χ1n) is 7.97. The van der Waals surface area contributed by atoms with Crippen molar-refractivity contribution in [1.29, 1.82) is 5.26 Å². The van der Waals surface area contributed by atoms with Gasteiger partial charge in [0.15, 0.2) is 0 Å². The molecular formula is C19H20N6. The number of nitrogens with one attached hydrogen (secondary N) is 1. The summed E-state index contributed by atoms with van der Waals surface area (Å²) in [5.41, 5.74) is 8.46. The number of hydrogen-bond acceptors (Lipinski definition) is 5. The molecule has 0 aliphatic rings. The number of benzene rings is 1. The summed E-state index contributed by atoms with van der Waals surface area (Å²) in [5.74, 6) is 1.41. The van der Waals surface area contributed by atoms with Crippen LogP contribution in [0.25, 0.3) is 11.3 Å². The van der Waals surface area contributed by atoms with Crippen molar-refractivity contribution < 1.29 is 0 Å². The van der Waals surface area contributed by atoms with E-state index >= 15 is 0 Å². The zero-order chi connectivity index (χ0) is 18.0. The largest absolute Gasteiger partial charge is 0.399 e. The van der Waals surface area contributed by atoms with Gasteiger partial charge < -0.3 is 11.1 Å². The summed E-state index contributed by atoms with van der Waals surface area (Å²) in [4.78, 5) is 4.27. The molecule has 6 heteroatoms. The highest BCUT2D eigenvalue weighted by molar-refractivity contribution is 5.67. The van der Waals surface area contributed by atoms with Crippen molar-refractivity contribution in [3.8, 4) is 17.3 Å². The molecule has 3 aromatic rings. The Kier molecular flexibility index (Phi) is 4.15. The van der Waals surface area contributed by atoms with E-state index in [1.165, 1.54) is 0 Å². The SMILES string of the molecule is CC(C)(C)n1nc(-c2ccc(N)cc2)cc1Nc1cccc(C#N)n1. The van der Waals surface area contributed by atoms with Crippen LogP contribution in [-0.2, 0) is 5.54 Å². The van der Waals surface area contributed by atoms with Crippen LogP contribution in [0.4, 0.5) is 17.3 Å². The predicted octanol–water partition coefficient (Wildman–Crippen LogP) is 3.90. The Bertz CT molecular complexity index is 926. The van der Waals surface area contributed by atoms with Gasteiger partial charge in [0.2, 0.25) is 0 Å². The molecule has 0 fully saturated rings. The summed E-state index contributed by atoms with van der Waals surface area (Å²) in [5, 5.41) is 17.0. The van der Waals surface area contributed by atoms with E-state index in [1.54, 1.807) is 12.1 Å². The highest BCUT2D eigenvalue weighted by atomic mass is 15.4. The van der Waals surface area contributed by atoms with E-state index in [4.69, 9.17) is 16.1 Å². The minimum Gasteiger partial charge on any atom is -0.399 e. The van der Waals surface area contributed by atoms with Crippen molar-refractivity contribution in [2.75, 3.05) is 11.1 Å². The van der Waals surface area contributed by atoms with Crippen molar-refractivity contribution >= 4 is 17.3 Å². The zero-order valence-electron chi connectivity index (χ0n) is 14.5. The molecule has 25 heavy (non-hydrogen) atoms. The molecule has 2 aromatic heterocycles. The summed E-state index contributed by atoms with van der Waals surface area (Å²) in [6, 6.07) is 16.9. The predicted molar refractivity (Wildman–Crippen MR) is 99.3 cm³/mol. The molecule has 0 unspecified atom stereocenters. The van der Waals surface area contributed by atoms with E-state index in [2.05, 4.69) is 31.1 Å². The third-order valence-electron chi connectivity index (χ3n) is 3.67. The number of nitriles is 1. The van der Waals surface area contributed by atoms with Crippen LogP contribution in [-0.4, -0.2) is 14.8 Å². The second-order valence-electron chi connectivity index (χ2n) is 6.76. The molecule has 0 radical (unpaired) electrons. The highest BCUT2D eigenvalue weighted by Crippen LogP contribution is 2.29. The van der Waals surface area contributed by atoms with E-state index in [0.29, 0.717) is 11.5 Å². The number of nitrogens with zero attached hydrogens (tertiary/aromatic N) is 4. The van der Waals surface area contributed by atoms with Crippen molar-refractivity contribution in [1.82, 2.24) is 14.8 Å². The van der Waals surface area contributed by atoms with E-state index in [-0.39, 0.29) is 5.54 Å². The van der Waals surface area contributed by atoms with Gasteiger partial charge in [0.1, 0.15) is 23.4 Å². The standard InChI is InChI=1S/C19H20N6/c1-19(2,3)25-18(23-17-6-4-5-15(12-20)22-17)11-16(24-25)13-7-9-14(21)10-8-13/h4-11H,21H2,1-3H3,(H,22,23). The minimum absolute atomic E-state index is 0.221. The first-order chi connectivity index (χ1) is 11.9. The average molecular weight is 332 g/mol. The van der Waals surface area contributed by atoms with Gasteiger partial charge in [0.05, 0.1) is 11.2 Å². The summed E-state index contributed by atoms with van der Waals surface area (Å²) in [6.07, 6.45) is 0. The number of aromatic nitrogens is 3. The lowest BCUT2D eigenvalue weighted by Crippen LogP contribution is -2.24. The van der Waals surface area contributed by atoms with Crippen LogP contribution < -0.4 is 11.1 Å². The molecule has 0 saturated carbocycles. The number of pyridine rings is 1. The van der Waals surface area contributed by atoms with Gasteiger partial charge >= 0.3 is 0 Å². The Morgan fingerprint density at radius 3 is 2.48 bits per heavy atom. The van der Waals surface area contributed by atoms with Gasteiger partial charge in [0.25, 0.3) is 0 Å². The Morgan fingerprint density at radius 2 is 1.84 bits per heavy atom. The molecule has 0 aliphatic heterocycles. The van der Waals surface area contributed by atoms with Crippen LogP contribution in [0, 0.1) is 11.3 Å². The Labute approximate surface area is 146 Å². The Hall–Kier alpha value is -3.33. The molecule has 0 aliphatic carbocycles. The summed E-state index contributed by atoms with van der Waals surface area (Å²) >= 11 is 0. The van der Waals surface area contributed by atoms with Crippen LogP contribution in [0.1, 0.15) is 26.5 Å². The summed E-state index contributed by atoms with van der Waals surface area (Å²) in [7, 11) is 0. The van der Waals surface area contributed by atoms with Crippen LogP contribution in [0.15, 0.2) is 48.5 Å². The molecule has 0 saturated heterocycles. The second-order valence-corrected chi connectivity index (χ2v) is 6.76. The van der Waals surface area contributed by atoms with Crippen molar-refractivity contribution in [3.63, 3.8) is 0 Å². The molecule has 3 N–H and O–H groups in total. The van der Waals surface area contributed by atoms with Gasteiger partial charge in [0, 0.05) is 17.3 Å². The topological polar surface area (TPSA) is 92.5 Å². The molecule has 0 atom stereocenters. The zero-order valence-corrected chi connectivity index (χ0v) is 14.5. The van der Waals surface area contributed by atoms with E-state index in [9.17, 15) is 0 Å². The molecule has 0 amide bonds. The minimum atomic E-state index is -0.221. The Morgan fingerprint density at radius 1 is 1.12 bits per heavy atom. The number of hydrogen-bond donors (Lipinski definition) is 2. The maximum absolute atomic E-state index is 9.02. The number of rotatable bonds is 3. The monoisotopic (exact) mass is 332 g/mol. The van der Waals surface area contributed by atoms with Crippen LogP contribution in [0.3, 0.4) is 0 Å². The third-order valence-corrected chi connectivity index (χ3v) is 3.67. The quantitative estimate of drug-likeness (QED) is 0.710. The lowest BCUT2D eigenvalue weighted by Gasteiger charge is -2.22. The second kappa shape index (κ2) is 6.29. The van der Waals surface area contributed by atoms with Crippen molar-refractivity contribution in [3.05, 3.63) is 54.2 Å². The fourth-order valence-electron chi connectivity index (χ4n) is 2.47. The molecule has 1 aromatic carbocycles. The van der Waals surface area contributed by atoms with Gasteiger partial charge in [-0.1, -0.05) is 18.2 Å². The van der Waals surface area contributed by atoms with Gasteiger partial charge in [-0.05, 0) is 45.0 Å². The maximum Gasteiger partial charge on any atom is 0.142 e. The van der Waals surface area contributed by atoms with Gasteiger partial charge in [-0.2, -0.15) is 10.4 Å². The fourth-order valence-corrected chi connectivity index (χ4v) is 2.47. The Balaban J connectivity index is 2.02. The number of nitrogens with two attached hydrogens (primary N) is 1. The van der Waals surface area contributed by atoms with Crippen molar-refractivity contribution in [2.45, 2.75) is 26.3 Å². The molecule has 126 valence electrons. The highest BCUT2D eigenvalue weighted by Gasteiger charge is 2.20. The maximum atomic E-state index is 9.02. The molecule has 0 spiro atoms. The normalized spacial score (nSPS) is 11.1. The summed E-state index contributed by atoms with van der Waals surface area (Å²) in [6.45, 7) is 6.24. The van der Waals surface area contributed by atoms with E-state index < -0.39 is 0 Å². The van der Waals surface area contributed by atoms with Gasteiger partial charge in [-0.25, -0.2) is 9.67 Å². The van der Waals surface area contributed by atoms with Gasteiger partial charge in [-0.15, -0.1) is 0 Å². The van der Waals surface area contributed by atoms with E-state index in [1.807, 2.05) is 47.1 Å². The lowest BCUT2D eigenvalue weighted by molar-refractivity contribution is 0.362. The smallest absolute Gasteiger partial charge is 0.142 e. The molecular weight excluding hydrogens is 312 g/mol. The summed E-state index contributed by atoms with van der Waals surface area (Å²) < 4.78 is 1.92. The fraction of sp³-hybridized carbons (Fsp3) is 0.211. The van der Waals surface area contributed by atoms with Crippen LogP contribution in [0.5, 0.6) is 0 Å². The third kappa shape index (κ3) is 3.61. The molecule has 0 bridgehead atoms. The first-order valence-corrected chi connectivity index (χ1v) is 7.97. The van der Waals surface area contributed by atoms with E-state index in [0.717, 1.165) is 22.8 Å². The average Bonchev–Trinajstić information content (AvgIpc) is 3.00. The molecule has 6 nitrogen and oxygen atoms in total. The van der Waals surface area contributed by atoms with Crippen LogP contribution >= 0.6 is 0 Å². The number of nitrogen functional groups attached to an aromatic ring is 1. The molecule has 3 rings (SSSR count). The van der Waals surface area contributed by atoms with Crippen molar-refractivity contribution in [2.24, 2.45) is 0 Å². The molecule has 2 heterocycles. The lowest BCUT2D eigenvalue weighted by atomic mass is 10.1. The first kappa shape index (κ1) is 16.5. The van der Waals surface area contributed by atoms with Crippen LogP contribution in [0.2, 0.25) is 0 Å². The number of anilines is 3.